The van der Waals surface area contributed by atoms with Crippen LogP contribution in [0.2, 0.25) is 0 Å². The van der Waals surface area contributed by atoms with Gasteiger partial charge in [-0.05, 0) is 17.0 Å². The summed E-state index contributed by atoms with van der Waals surface area (Å²) in [5.74, 6) is 0.0181. The van der Waals surface area contributed by atoms with E-state index >= 15 is 0 Å². The van der Waals surface area contributed by atoms with Gasteiger partial charge < -0.3 is 4.74 Å². The van der Waals surface area contributed by atoms with Crippen molar-refractivity contribution in [1.29, 1.82) is 5.26 Å². The summed E-state index contributed by atoms with van der Waals surface area (Å²) in [6.07, 6.45) is 0. The molecule has 0 aromatic heterocycles. The minimum atomic E-state index is -0.410. The number of nitriles is 1. The van der Waals surface area contributed by atoms with Gasteiger partial charge in [0.05, 0.1) is 5.57 Å². The molecular weight excluding hydrogens is 306 g/mol. The van der Waals surface area contributed by atoms with Crippen molar-refractivity contribution in [3.05, 3.63) is 76.7 Å². The average molecular weight is 319 g/mol. The predicted molar refractivity (Wildman–Crippen MR) is 91.0 cm³/mol. The zero-order valence-electron chi connectivity index (χ0n) is 12.4. The topological polar surface area (TPSA) is 50.1 Å². The molecule has 0 spiro atoms. The van der Waals surface area contributed by atoms with Gasteiger partial charge in [-0.2, -0.15) is 5.26 Å². The fraction of sp³-hybridized carbons (Fsp3) is 0.0526. The van der Waals surface area contributed by atoms with Crippen LogP contribution in [0.1, 0.15) is 18.1 Å². The molecule has 0 fully saturated rings. The molecule has 23 heavy (non-hydrogen) atoms. The Hall–Kier alpha value is -2.77. The molecular formula is C19H13NO2S. The van der Waals surface area contributed by atoms with Gasteiger partial charge in [-0.15, -0.1) is 0 Å². The van der Waals surface area contributed by atoms with Crippen LogP contribution in [0.3, 0.4) is 0 Å². The van der Waals surface area contributed by atoms with Gasteiger partial charge in [0.2, 0.25) is 0 Å². The molecule has 0 radical (unpaired) electrons. The van der Waals surface area contributed by atoms with Crippen LogP contribution in [0.4, 0.5) is 0 Å². The van der Waals surface area contributed by atoms with Gasteiger partial charge in [-0.1, -0.05) is 60.3 Å². The number of ether oxygens (including phenoxy) is 1. The van der Waals surface area contributed by atoms with Crippen LogP contribution in [0, 0.1) is 11.3 Å². The Balaban J connectivity index is 2.34. The average Bonchev–Trinajstić information content (AvgIpc) is 2.72. The van der Waals surface area contributed by atoms with Gasteiger partial charge in [0.15, 0.2) is 0 Å². The number of nitrogens with zero attached hydrogens (tertiary/aromatic N) is 1. The van der Waals surface area contributed by atoms with E-state index in [1.807, 2.05) is 54.6 Å². The number of allylic oxidation sites excluding steroid dienone is 2. The smallest absolute Gasteiger partial charge is 0.308 e. The maximum absolute atomic E-state index is 11.6. The van der Waals surface area contributed by atoms with Gasteiger partial charge in [0.25, 0.3) is 0 Å². The predicted octanol–water partition coefficient (Wildman–Crippen LogP) is 4.63. The summed E-state index contributed by atoms with van der Waals surface area (Å²) >= 11 is 1.45. The minimum absolute atomic E-state index is 0.410. The van der Waals surface area contributed by atoms with E-state index in [0.29, 0.717) is 16.9 Å². The summed E-state index contributed by atoms with van der Waals surface area (Å²) in [6, 6.07) is 19.4. The van der Waals surface area contributed by atoms with Crippen molar-refractivity contribution in [2.24, 2.45) is 0 Å². The lowest BCUT2D eigenvalue weighted by Gasteiger charge is -2.14. The number of fused-ring (bicyclic) bond motifs is 1. The second kappa shape index (κ2) is 6.55. The lowest BCUT2D eigenvalue weighted by atomic mass is 9.95. The van der Waals surface area contributed by atoms with Crippen molar-refractivity contribution in [1.82, 2.24) is 0 Å². The van der Waals surface area contributed by atoms with E-state index in [9.17, 15) is 10.1 Å². The Morgan fingerprint density at radius 2 is 1.78 bits per heavy atom. The van der Waals surface area contributed by atoms with Crippen LogP contribution in [-0.2, 0) is 9.53 Å². The maximum atomic E-state index is 11.6. The molecule has 3 rings (SSSR count). The van der Waals surface area contributed by atoms with Gasteiger partial charge >= 0.3 is 5.97 Å². The molecule has 4 heteroatoms. The molecule has 0 atom stereocenters. The van der Waals surface area contributed by atoms with Gasteiger partial charge in [-0.3, -0.25) is 4.79 Å². The van der Waals surface area contributed by atoms with Crippen LogP contribution >= 0.6 is 11.8 Å². The largest absolute Gasteiger partial charge is 0.425 e. The summed E-state index contributed by atoms with van der Waals surface area (Å²) in [5, 5.41) is 11.4. The fourth-order valence-electron chi connectivity index (χ4n) is 2.42. The molecule has 2 aromatic rings. The van der Waals surface area contributed by atoms with Crippen molar-refractivity contribution in [2.45, 2.75) is 11.8 Å². The SMILES string of the molecule is CC(=O)OC1=C(c2ccccc2)C(C#N)=CSc2ccccc21. The zero-order chi connectivity index (χ0) is 16.2. The van der Waals surface area contributed by atoms with E-state index in [-0.39, 0.29) is 0 Å². The van der Waals surface area contributed by atoms with Crippen molar-refractivity contribution >= 4 is 29.1 Å². The molecule has 0 aliphatic carbocycles. The molecule has 0 amide bonds. The van der Waals surface area contributed by atoms with Crippen molar-refractivity contribution in [3.63, 3.8) is 0 Å². The summed E-state index contributed by atoms with van der Waals surface area (Å²) in [5.41, 5.74) is 2.77. The minimum Gasteiger partial charge on any atom is -0.425 e. The number of rotatable bonds is 2. The number of carbonyl (C=O) groups excluding carboxylic acids is 1. The number of benzene rings is 2. The zero-order valence-corrected chi connectivity index (χ0v) is 13.3. The van der Waals surface area contributed by atoms with E-state index in [4.69, 9.17) is 4.74 Å². The van der Waals surface area contributed by atoms with E-state index in [1.54, 1.807) is 5.41 Å². The highest BCUT2D eigenvalue weighted by Crippen LogP contribution is 2.41. The third kappa shape index (κ3) is 3.05. The van der Waals surface area contributed by atoms with Gasteiger partial charge in [0, 0.05) is 23.0 Å². The third-order valence-corrected chi connectivity index (χ3v) is 4.32. The number of carbonyl (C=O) groups is 1. The third-order valence-electron chi connectivity index (χ3n) is 3.36. The first-order chi connectivity index (χ1) is 11.2. The van der Waals surface area contributed by atoms with E-state index in [0.717, 1.165) is 16.0 Å². The molecule has 2 aromatic carbocycles. The number of hydrogen-bond donors (Lipinski definition) is 0. The number of hydrogen-bond acceptors (Lipinski definition) is 4. The van der Waals surface area contributed by atoms with E-state index < -0.39 is 5.97 Å². The molecule has 1 aliphatic heterocycles. The normalized spacial score (nSPS) is 13.5. The highest BCUT2D eigenvalue weighted by Gasteiger charge is 2.23. The molecule has 0 N–H and O–H groups in total. The fourth-order valence-corrected chi connectivity index (χ4v) is 3.28. The quantitative estimate of drug-likeness (QED) is 0.757. The summed E-state index contributed by atoms with van der Waals surface area (Å²) in [4.78, 5) is 12.6. The molecule has 1 aliphatic rings. The molecule has 112 valence electrons. The molecule has 3 nitrogen and oxygen atoms in total. The molecule has 0 unspecified atom stereocenters. The van der Waals surface area contributed by atoms with Crippen molar-refractivity contribution in [2.75, 3.05) is 0 Å². The van der Waals surface area contributed by atoms with Crippen LogP contribution in [0.5, 0.6) is 0 Å². The van der Waals surface area contributed by atoms with E-state index in [2.05, 4.69) is 6.07 Å². The highest BCUT2D eigenvalue weighted by atomic mass is 32.2. The highest BCUT2D eigenvalue weighted by molar-refractivity contribution is 8.02. The molecule has 0 bridgehead atoms. The van der Waals surface area contributed by atoms with Gasteiger partial charge in [-0.25, -0.2) is 0 Å². The Kier molecular flexibility index (Phi) is 4.31. The molecule has 0 saturated carbocycles. The second-order valence-corrected chi connectivity index (χ2v) is 5.83. The molecule has 1 heterocycles. The maximum Gasteiger partial charge on any atom is 0.308 e. The Morgan fingerprint density at radius 1 is 1.09 bits per heavy atom. The van der Waals surface area contributed by atoms with Crippen LogP contribution in [-0.4, -0.2) is 5.97 Å². The first kappa shape index (κ1) is 15.1. The standard InChI is InChI=1S/C19H13NO2S/c1-13(21)22-19-16-9-5-6-10-17(16)23-12-15(11-20)18(19)14-7-3-2-4-8-14/h2-10,12H,1H3. The monoisotopic (exact) mass is 319 g/mol. The lowest BCUT2D eigenvalue weighted by Crippen LogP contribution is -2.03. The summed E-state index contributed by atoms with van der Waals surface area (Å²) < 4.78 is 5.53. The van der Waals surface area contributed by atoms with E-state index in [1.165, 1.54) is 18.7 Å². The number of esters is 1. The summed E-state index contributed by atoms with van der Waals surface area (Å²) in [7, 11) is 0. The van der Waals surface area contributed by atoms with Crippen molar-refractivity contribution in [3.8, 4) is 6.07 Å². The Morgan fingerprint density at radius 3 is 2.48 bits per heavy atom. The first-order valence-corrected chi connectivity index (χ1v) is 7.93. The van der Waals surface area contributed by atoms with Crippen molar-refractivity contribution < 1.29 is 9.53 Å². The van der Waals surface area contributed by atoms with Crippen LogP contribution < -0.4 is 0 Å². The number of thioether (sulfide) groups is 1. The Bertz CT molecular complexity index is 860. The lowest BCUT2D eigenvalue weighted by molar-refractivity contribution is -0.134. The Labute approximate surface area is 138 Å². The van der Waals surface area contributed by atoms with Crippen LogP contribution in [0.15, 0.2) is 70.5 Å². The summed E-state index contributed by atoms with van der Waals surface area (Å²) in [6.45, 7) is 1.37. The van der Waals surface area contributed by atoms with Crippen LogP contribution in [0.25, 0.3) is 11.3 Å². The molecule has 0 saturated heterocycles. The second-order valence-electron chi connectivity index (χ2n) is 4.92. The first-order valence-electron chi connectivity index (χ1n) is 7.05. The van der Waals surface area contributed by atoms with Gasteiger partial charge in [0.1, 0.15) is 11.8 Å².